The average molecular weight is 287 g/mol. The monoisotopic (exact) mass is 287 g/mol. The Kier molecular flexibility index (Phi) is 5.78. The normalized spacial score (nSPS) is 11.8. The van der Waals surface area contributed by atoms with Crippen LogP contribution in [0.1, 0.15) is 19.4 Å². The Morgan fingerprint density at radius 1 is 1.32 bits per heavy atom. The van der Waals surface area contributed by atoms with Crippen LogP contribution in [0.25, 0.3) is 0 Å². The second-order valence-electron chi connectivity index (χ2n) is 4.48. The summed E-state index contributed by atoms with van der Waals surface area (Å²) in [4.78, 5) is 0.234. The lowest BCUT2D eigenvalue weighted by Gasteiger charge is -2.13. The summed E-state index contributed by atoms with van der Waals surface area (Å²) in [6, 6.07) is 4.83. The van der Waals surface area contributed by atoms with E-state index in [2.05, 4.69) is 4.72 Å². The molecule has 0 saturated carbocycles. The van der Waals surface area contributed by atoms with Gasteiger partial charge in [-0.2, -0.15) is 0 Å². The van der Waals surface area contributed by atoms with Gasteiger partial charge in [0.05, 0.1) is 17.6 Å². The molecule has 0 fully saturated rings. The molecule has 108 valence electrons. The van der Waals surface area contributed by atoms with Gasteiger partial charge in [0.2, 0.25) is 10.0 Å². The first-order chi connectivity index (χ1) is 8.86. The molecule has 0 aliphatic carbocycles. The number of ether oxygens (including phenoxy) is 2. The molecule has 0 unspecified atom stereocenters. The van der Waals surface area contributed by atoms with Gasteiger partial charge in [0.25, 0.3) is 0 Å². The number of sulfonamides is 1. The van der Waals surface area contributed by atoms with Crippen LogP contribution in [0.2, 0.25) is 0 Å². The minimum absolute atomic E-state index is 0.0565. The zero-order chi connectivity index (χ0) is 14.5. The fourth-order valence-corrected chi connectivity index (χ4v) is 2.63. The Hall–Kier alpha value is -1.11. The number of methoxy groups -OCH3 is 1. The van der Waals surface area contributed by atoms with Gasteiger partial charge in [0, 0.05) is 13.7 Å². The van der Waals surface area contributed by atoms with Crippen LogP contribution in [-0.4, -0.2) is 34.8 Å². The molecule has 1 rings (SSSR count). The molecule has 19 heavy (non-hydrogen) atoms. The minimum Gasteiger partial charge on any atom is -0.491 e. The van der Waals surface area contributed by atoms with Crippen molar-refractivity contribution in [2.45, 2.75) is 31.8 Å². The molecule has 0 atom stereocenters. The minimum atomic E-state index is -3.49. The van der Waals surface area contributed by atoms with E-state index in [1.807, 2.05) is 20.8 Å². The first-order valence-electron chi connectivity index (χ1n) is 6.12. The standard InChI is InChI=1S/C13H21NO4S/c1-10(2)18-13-6-5-12(9-11(13)3)19(15,16)14-7-8-17-4/h5-6,9-10,14H,7-8H2,1-4H3. The molecule has 0 amide bonds. The highest BCUT2D eigenvalue weighted by atomic mass is 32.2. The largest absolute Gasteiger partial charge is 0.491 e. The summed E-state index contributed by atoms with van der Waals surface area (Å²) in [7, 11) is -1.96. The molecule has 0 bridgehead atoms. The molecule has 1 aromatic rings. The summed E-state index contributed by atoms with van der Waals surface area (Å²) in [6.07, 6.45) is 0.0565. The zero-order valence-corrected chi connectivity index (χ0v) is 12.6. The van der Waals surface area contributed by atoms with Gasteiger partial charge in [-0.3, -0.25) is 0 Å². The van der Waals surface area contributed by atoms with Gasteiger partial charge in [0.15, 0.2) is 0 Å². The van der Waals surface area contributed by atoms with E-state index in [9.17, 15) is 8.42 Å². The molecule has 0 aliphatic rings. The van der Waals surface area contributed by atoms with E-state index in [1.165, 1.54) is 7.11 Å². The third-order valence-electron chi connectivity index (χ3n) is 2.42. The highest BCUT2D eigenvalue weighted by Gasteiger charge is 2.15. The number of hydrogen-bond donors (Lipinski definition) is 1. The number of hydrogen-bond acceptors (Lipinski definition) is 4. The van der Waals surface area contributed by atoms with Crippen molar-refractivity contribution in [2.24, 2.45) is 0 Å². The molecule has 0 heterocycles. The second-order valence-corrected chi connectivity index (χ2v) is 6.25. The van der Waals surface area contributed by atoms with E-state index in [0.29, 0.717) is 12.4 Å². The van der Waals surface area contributed by atoms with Gasteiger partial charge in [0.1, 0.15) is 5.75 Å². The van der Waals surface area contributed by atoms with Crippen LogP contribution >= 0.6 is 0 Å². The maximum absolute atomic E-state index is 12.0. The molecule has 6 heteroatoms. The molecule has 0 spiro atoms. The van der Waals surface area contributed by atoms with E-state index < -0.39 is 10.0 Å². The van der Waals surface area contributed by atoms with E-state index in [0.717, 1.165) is 5.56 Å². The third-order valence-corrected chi connectivity index (χ3v) is 3.88. The topological polar surface area (TPSA) is 64.6 Å². The van der Waals surface area contributed by atoms with Gasteiger partial charge in [-0.15, -0.1) is 0 Å². The van der Waals surface area contributed by atoms with E-state index in [1.54, 1.807) is 18.2 Å². The van der Waals surface area contributed by atoms with Crippen molar-refractivity contribution in [1.29, 1.82) is 0 Å². The number of rotatable bonds is 7. The van der Waals surface area contributed by atoms with Crippen molar-refractivity contribution in [3.63, 3.8) is 0 Å². The van der Waals surface area contributed by atoms with Crippen LogP contribution in [-0.2, 0) is 14.8 Å². The quantitative estimate of drug-likeness (QED) is 0.775. The van der Waals surface area contributed by atoms with E-state index >= 15 is 0 Å². The number of nitrogens with one attached hydrogen (secondary N) is 1. The molecular weight excluding hydrogens is 266 g/mol. The third kappa shape index (κ3) is 4.81. The Morgan fingerprint density at radius 3 is 2.53 bits per heavy atom. The van der Waals surface area contributed by atoms with Crippen LogP contribution in [0, 0.1) is 6.92 Å². The lowest BCUT2D eigenvalue weighted by Crippen LogP contribution is -2.27. The van der Waals surface area contributed by atoms with Gasteiger partial charge < -0.3 is 9.47 Å². The summed E-state index contributed by atoms with van der Waals surface area (Å²) in [5.74, 6) is 0.700. The second kappa shape index (κ2) is 6.88. The van der Waals surface area contributed by atoms with Crippen molar-refractivity contribution < 1.29 is 17.9 Å². The van der Waals surface area contributed by atoms with Gasteiger partial charge in [-0.25, -0.2) is 13.1 Å². The van der Waals surface area contributed by atoms with Crippen molar-refractivity contribution >= 4 is 10.0 Å². The Balaban J connectivity index is 2.87. The first kappa shape index (κ1) is 15.9. The number of aryl methyl sites for hydroxylation is 1. The summed E-state index contributed by atoms with van der Waals surface area (Å²) >= 11 is 0. The van der Waals surface area contributed by atoms with Crippen molar-refractivity contribution in [1.82, 2.24) is 4.72 Å². The Bertz CT molecular complexity index is 511. The summed E-state index contributed by atoms with van der Waals surface area (Å²) < 4.78 is 36.8. The van der Waals surface area contributed by atoms with E-state index in [4.69, 9.17) is 9.47 Å². The lowest BCUT2D eigenvalue weighted by molar-refractivity contribution is 0.204. The molecule has 5 nitrogen and oxygen atoms in total. The molecule has 0 aliphatic heterocycles. The average Bonchev–Trinajstić information content (AvgIpc) is 2.31. The molecule has 0 aromatic heterocycles. The highest BCUT2D eigenvalue weighted by Crippen LogP contribution is 2.22. The van der Waals surface area contributed by atoms with Gasteiger partial charge in [-0.05, 0) is 44.5 Å². The predicted octanol–water partition coefficient (Wildman–Crippen LogP) is 1.71. The zero-order valence-electron chi connectivity index (χ0n) is 11.8. The first-order valence-corrected chi connectivity index (χ1v) is 7.61. The van der Waals surface area contributed by atoms with Crippen LogP contribution in [0.15, 0.2) is 23.1 Å². The fourth-order valence-electron chi connectivity index (χ4n) is 1.54. The van der Waals surface area contributed by atoms with Crippen molar-refractivity contribution in [2.75, 3.05) is 20.3 Å². The Labute approximate surface area is 115 Å². The molecular formula is C13H21NO4S. The summed E-state index contributed by atoms with van der Waals surface area (Å²) in [5, 5.41) is 0. The van der Waals surface area contributed by atoms with Gasteiger partial charge in [-0.1, -0.05) is 0 Å². The maximum atomic E-state index is 12.0. The maximum Gasteiger partial charge on any atom is 0.240 e. The fraction of sp³-hybridized carbons (Fsp3) is 0.538. The van der Waals surface area contributed by atoms with Crippen LogP contribution in [0.4, 0.5) is 0 Å². The molecule has 1 aromatic carbocycles. The smallest absolute Gasteiger partial charge is 0.240 e. The molecule has 1 N–H and O–H groups in total. The highest BCUT2D eigenvalue weighted by molar-refractivity contribution is 7.89. The van der Waals surface area contributed by atoms with Crippen molar-refractivity contribution in [3.8, 4) is 5.75 Å². The van der Waals surface area contributed by atoms with E-state index in [-0.39, 0.29) is 17.5 Å². The number of benzene rings is 1. The Morgan fingerprint density at radius 2 is 2.00 bits per heavy atom. The summed E-state index contributed by atoms with van der Waals surface area (Å²) in [6.45, 7) is 6.27. The molecule has 0 saturated heterocycles. The van der Waals surface area contributed by atoms with Crippen LogP contribution < -0.4 is 9.46 Å². The lowest BCUT2D eigenvalue weighted by atomic mass is 10.2. The van der Waals surface area contributed by atoms with Gasteiger partial charge >= 0.3 is 0 Å². The van der Waals surface area contributed by atoms with Crippen molar-refractivity contribution in [3.05, 3.63) is 23.8 Å². The van der Waals surface area contributed by atoms with Crippen LogP contribution in [0.5, 0.6) is 5.75 Å². The summed E-state index contributed by atoms with van der Waals surface area (Å²) in [5.41, 5.74) is 0.795. The molecule has 0 radical (unpaired) electrons. The SMILES string of the molecule is COCCNS(=O)(=O)c1ccc(OC(C)C)c(C)c1. The van der Waals surface area contributed by atoms with Crippen LogP contribution in [0.3, 0.4) is 0 Å². The predicted molar refractivity (Wildman–Crippen MR) is 74.0 cm³/mol.